The first kappa shape index (κ1) is 13.9. The van der Waals surface area contributed by atoms with Gasteiger partial charge in [0.25, 0.3) is 0 Å². The van der Waals surface area contributed by atoms with Crippen LogP contribution in [-0.4, -0.2) is 17.1 Å². The quantitative estimate of drug-likeness (QED) is 0.492. The molecule has 0 N–H and O–H groups in total. The molecule has 0 atom stereocenters. The third-order valence-electron chi connectivity index (χ3n) is 2.80. The number of methoxy groups -OCH3 is 1. The number of thioether (sulfide) groups is 1. The van der Waals surface area contributed by atoms with Crippen molar-refractivity contribution in [2.24, 2.45) is 0 Å². The van der Waals surface area contributed by atoms with Crippen LogP contribution in [0.15, 0.2) is 45.5 Å². The fraction of sp³-hybridized carbons (Fsp3) is 0.143. The van der Waals surface area contributed by atoms with E-state index in [1.165, 1.54) is 5.56 Å². The van der Waals surface area contributed by atoms with Crippen molar-refractivity contribution < 1.29 is 4.74 Å². The van der Waals surface area contributed by atoms with Gasteiger partial charge in [-0.25, -0.2) is 9.97 Å². The molecular formula is C14H11BrN2OS2. The Labute approximate surface area is 133 Å². The standard InChI is InChI=1S/C14H11BrN2OS2/c1-18-12-3-2-9(6-10(12)15)7-20-14-13-11(4-5-19-13)16-8-17-14/h2-6,8H,7H2,1H3. The molecule has 3 rings (SSSR count). The highest BCUT2D eigenvalue weighted by Crippen LogP contribution is 2.32. The molecule has 0 saturated carbocycles. The maximum atomic E-state index is 5.24. The molecule has 0 aliphatic carbocycles. The lowest BCUT2D eigenvalue weighted by molar-refractivity contribution is 0.412. The summed E-state index contributed by atoms with van der Waals surface area (Å²) in [6.07, 6.45) is 1.63. The number of hydrogen-bond acceptors (Lipinski definition) is 5. The average molecular weight is 367 g/mol. The molecule has 0 spiro atoms. The molecule has 0 bridgehead atoms. The van der Waals surface area contributed by atoms with E-state index in [1.807, 2.05) is 17.5 Å². The first-order valence-electron chi connectivity index (χ1n) is 5.91. The predicted molar refractivity (Wildman–Crippen MR) is 87.7 cm³/mol. The Hall–Kier alpha value is -1.11. The Morgan fingerprint density at radius 3 is 3.00 bits per heavy atom. The van der Waals surface area contributed by atoms with Crippen molar-refractivity contribution in [3.05, 3.63) is 46.0 Å². The van der Waals surface area contributed by atoms with E-state index in [9.17, 15) is 0 Å². The van der Waals surface area contributed by atoms with Crippen LogP contribution in [0.1, 0.15) is 5.56 Å². The van der Waals surface area contributed by atoms with Gasteiger partial charge in [0.05, 0.1) is 21.8 Å². The number of rotatable bonds is 4. The van der Waals surface area contributed by atoms with Crippen LogP contribution < -0.4 is 4.74 Å². The minimum atomic E-state index is 0.849. The molecule has 0 aliphatic rings. The van der Waals surface area contributed by atoms with Crippen LogP contribution in [0.4, 0.5) is 0 Å². The van der Waals surface area contributed by atoms with E-state index in [2.05, 4.69) is 38.0 Å². The molecule has 2 heterocycles. The number of nitrogens with zero attached hydrogens (tertiary/aromatic N) is 2. The van der Waals surface area contributed by atoms with E-state index in [0.717, 1.165) is 31.2 Å². The minimum Gasteiger partial charge on any atom is -0.496 e. The molecule has 20 heavy (non-hydrogen) atoms. The van der Waals surface area contributed by atoms with Crippen molar-refractivity contribution in [1.82, 2.24) is 9.97 Å². The monoisotopic (exact) mass is 366 g/mol. The molecule has 3 aromatic rings. The van der Waals surface area contributed by atoms with Crippen LogP contribution in [0.2, 0.25) is 0 Å². The summed E-state index contributed by atoms with van der Waals surface area (Å²) in [5, 5.41) is 3.09. The Bertz CT molecular complexity index is 745. The summed E-state index contributed by atoms with van der Waals surface area (Å²) in [7, 11) is 1.67. The smallest absolute Gasteiger partial charge is 0.133 e. The number of thiophene rings is 1. The van der Waals surface area contributed by atoms with Crippen LogP contribution in [0.25, 0.3) is 10.2 Å². The van der Waals surface area contributed by atoms with Gasteiger partial charge < -0.3 is 4.74 Å². The fourth-order valence-corrected chi connectivity index (χ4v) is 4.30. The van der Waals surface area contributed by atoms with Gasteiger partial charge in [0, 0.05) is 5.75 Å². The van der Waals surface area contributed by atoms with Gasteiger partial charge in [0.2, 0.25) is 0 Å². The van der Waals surface area contributed by atoms with Crippen LogP contribution in [0.3, 0.4) is 0 Å². The molecule has 6 heteroatoms. The highest BCUT2D eigenvalue weighted by atomic mass is 79.9. The first-order valence-corrected chi connectivity index (χ1v) is 8.57. The lowest BCUT2D eigenvalue weighted by atomic mass is 10.2. The Kier molecular flexibility index (Phi) is 4.24. The second-order valence-electron chi connectivity index (χ2n) is 4.07. The third kappa shape index (κ3) is 2.82. The molecule has 0 saturated heterocycles. The van der Waals surface area contributed by atoms with Crippen molar-refractivity contribution in [3.8, 4) is 5.75 Å². The second-order valence-corrected chi connectivity index (χ2v) is 6.81. The SMILES string of the molecule is COc1ccc(CSc2ncnc3ccsc23)cc1Br. The summed E-state index contributed by atoms with van der Waals surface area (Å²) >= 11 is 6.92. The average Bonchev–Trinajstić information content (AvgIpc) is 2.94. The Morgan fingerprint density at radius 2 is 2.20 bits per heavy atom. The predicted octanol–water partition coefficient (Wildman–Crippen LogP) is 4.75. The molecule has 0 aliphatic heterocycles. The van der Waals surface area contributed by atoms with Gasteiger partial charge in [-0.15, -0.1) is 23.1 Å². The van der Waals surface area contributed by atoms with Gasteiger partial charge >= 0.3 is 0 Å². The zero-order valence-corrected chi connectivity index (χ0v) is 13.9. The summed E-state index contributed by atoms with van der Waals surface area (Å²) < 4.78 is 7.37. The summed E-state index contributed by atoms with van der Waals surface area (Å²) in [5.41, 5.74) is 2.24. The second kappa shape index (κ2) is 6.11. The first-order chi connectivity index (χ1) is 9.78. The molecule has 1 aromatic carbocycles. The van der Waals surface area contributed by atoms with Gasteiger partial charge in [0.15, 0.2) is 0 Å². The molecule has 3 nitrogen and oxygen atoms in total. The maximum absolute atomic E-state index is 5.24. The third-order valence-corrected chi connectivity index (χ3v) is 5.52. The van der Waals surface area contributed by atoms with Crippen LogP contribution >= 0.6 is 39.0 Å². The van der Waals surface area contributed by atoms with E-state index >= 15 is 0 Å². The largest absolute Gasteiger partial charge is 0.496 e. The van der Waals surface area contributed by atoms with E-state index in [0.29, 0.717) is 0 Å². The molecule has 0 radical (unpaired) electrons. The molecule has 102 valence electrons. The van der Waals surface area contributed by atoms with Crippen LogP contribution in [0.5, 0.6) is 5.75 Å². The van der Waals surface area contributed by atoms with Crippen molar-refractivity contribution in [2.45, 2.75) is 10.8 Å². The van der Waals surface area contributed by atoms with Crippen LogP contribution in [-0.2, 0) is 5.75 Å². The minimum absolute atomic E-state index is 0.849. The summed E-state index contributed by atoms with van der Waals surface area (Å²) in [5.74, 6) is 1.72. The molecule has 0 fully saturated rings. The maximum Gasteiger partial charge on any atom is 0.133 e. The number of fused-ring (bicyclic) bond motifs is 1. The van der Waals surface area contributed by atoms with Crippen LogP contribution in [0, 0.1) is 0 Å². The van der Waals surface area contributed by atoms with Crippen molar-refractivity contribution in [1.29, 1.82) is 0 Å². The zero-order chi connectivity index (χ0) is 13.9. The van der Waals surface area contributed by atoms with Crippen molar-refractivity contribution in [3.63, 3.8) is 0 Å². The molecule has 0 amide bonds. The lowest BCUT2D eigenvalue weighted by Gasteiger charge is -2.06. The fourth-order valence-electron chi connectivity index (χ4n) is 1.82. The van der Waals surface area contributed by atoms with Crippen molar-refractivity contribution in [2.75, 3.05) is 7.11 Å². The lowest BCUT2D eigenvalue weighted by Crippen LogP contribution is -1.88. The highest BCUT2D eigenvalue weighted by Gasteiger charge is 2.07. The van der Waals surface area contributed by atoms with Gasteiger partial charge in [-0.3, -0.25) is 0 Å². The van der Waals surface area contributed by atoms with E-state index in [-0.39, 0.29) is 0 Å². The zero-order valence-electron chi connectivity index (χ0n) is 10.7. The molecule has 0 unspecified atom stereocenters. The number of ether oxygens (including phenoxy) is 1. The highest BCUT2D eigenvalue weighted by molar-refractivity contribution is 9.10. The normalized spacial score (nSPS) is 10.9. The van der Waals surface area contributed by atoms with E-state index in [1.54, 1.807) is 36.5 Å². The molecular weight excluding hydrogens is 356 g/mol. The Morgan fingerprint density at radius 1 is 1.30 bits per heavy atom. The summed E-state index contributed by atoms with van der Waals surface area (Å²) in [6.45, 7) is 0. The molecule has 2 aromatic heterocycles. The van der Waals surface area contributed by atoms with Gasteiger partial charge in [-0.05, 0) is 45.1 Å². The number of hydrogen-bond donors (Lipinski definition) is 0. The Balaban J connectivity index is 1.79. The van der Waals surface area contributed by atoms with E-state index < -0.39 is 0 Å². The van der Waals surface area contributed by atoms with Crippen molar-refractivity contribution >= 4 is 49.2 Å². The summed E-state index contributed by atoms with van der Waals surface area (Å²) in [6, 6.07) is 8.15. The van der Waals surface area contributed by atoms with Gasteiger partial charge in [-0.2, -0.15) is 0 Å². The number of halogens is 1. The topological polar surface area (TPSA) is 35.0 Å². The summed E-state index contributed by atoms with van der Waals surface area (Å²) in [4.78, 5) is 8.63. The van der Waals surface area contributed by atoms with Gasteiger partial charge in [0.1, 0.15) is 17.1 Å². The van der Waals surface area contributed by atoms with E-state index in [4.69, 9.17) is 4.74 Å². The number of aromatic nitrogens is 2. The number of benzene rings is 1. The van der Waals surface area contributed by atoms with Gasteiger partial charge in [-0.1, -0.05) is 6.07 Å².